The van der Waals surface area contributed by atoms with Gasteiger partial charge in [-0.05, 0) is 55.3 Å². The van der Waals surface area contributed by atoms with E-state index in [9.17, 15) is 9.59 Å². The fourth-order valence-electron chi connectivity index (χ4n) is 2.85. The summed E-state index contributed by atoms with van der Waals surface area (Å²) in [5, 5.41) is 3.19. The number of hydrogen-bond donors (Lipinski definition) is 1. The molecule has 0 bridgehead atoms. The van der Waals surface area contributed by atoms with Crippen LogP contribution in [-0.4, -0.2) is 43.5 Å². The molecule has 1 N–H and O–H groups in total. The van der Waals surface area contributed by atoms with E-state index in [1.54, 1.807) is 38.1 Å². The Hall–Kier alpha value is -2.73. The van der Waals surface area contributed by atoms with Crippen molar-refractivity contribution in [2.45, 2.75) is 32.4 Å². The molecule has 0 saturated carbocycles. The molecule has 0 aromatic heterocycles. The fraction of sp³-hybridized carbons (Fsp3) is 0.364. The molecule has 156 valence electrons. The van der Waals surface area contributed by atoms with E-state index in [1.807, 2.05) is 36.4 Å². The molecule has 6 nitrogen and oxygen atoms in total. The van der Waals surface area contributed by atoms with Crippen molar-refractivity contribution in [1.29, 1.82) is 0 Å². The van der Waals surface area contributed by atoms with Gasteiger partial charge in [0.25, 0.3) is 0 Å². The van der Waals surface area contributed by atoms with E-state index in [0.29, 0.717) is 30.3 Å². The molecule has 1 atom stereocenters. The van der Waals surface area contributed by atoms with Crippen LogP contribution in [0.2, 0.25) is 5.02 Å². The third kappa shape index (κ3) is 6.98. The summed E-state index contributed by atoms with van der Waals surface area (Å²) in [6.07, 6.45) is 0.815. The Morgan fingerprint density at radius 2 is 1.83 bits per heavy atom. The number of nitrogens with zero attached hydrogens (tertiary/aromatic N) is 1. The van der Waals surface area contributed by atoms with E-state index in [1.165, 1.54) is 0 Å². The highest BCUT2D eigenvalue weighted by Crippen LogP contribution is 2.18. The standard InChI is InChI=1S/C22H27ClN2O4/c1-16(22(27)24-2)25(15-17-6-4-7-18(23)14-17)21(26)8-5-13-29-20-11-9-19(28-3)10-12-20/h4,6-7,9-12,14,16H,5,8,13,15H2,1-3H3,(H,24,27). The zero-order valence-electron chi connectivity index (χ0n) is 17.0. The molecule has 0 saturated heterocycles. The normalized spacial score (nSPS) is 11.4. The van der Waals surface area contributed by atoms with Crippen molar-refractivity contribution in [3.05, 3.63) is 59.1 Å². The molecule has 7 heteroatoms. The van der Waals surface area contributed by atoms with Gasteiger partial charge in [-0.1, -0.05) is 23.7 Å². The molecule has 2 rings (SSSR count). The van der Waals surface area contributed by atoms with Gasteiger partial charge in [0.1, 0.15) is 17.5 Å². The molecule has 2 amide bonds. The Kier molecular flexibility index (Phi) is 8.80. The van der Waals surface area contributed by atoms with Gasteiger partial charge in [-0.3, -0.25) is 9.59 Å². The van der Waals surface area contributed by atoms with Crippen molar-refractivity contribution in [2.24, 2.45) is 0 Å². The minimum atomic E-state index is -0.589. The minimum absolute atomic E-state index is 0.112. The number of rotatable bonds is 10. The number of carbonyl (C=O) groups is 2. The first-order valence-corrected chi connectivity index (χ1v) is 9.84. The van der Waals surface area contributed by atoms with Gasteiger partial charge in [-0.2, -0.15) is 0 Å². The molecule has 2 aromatic rings. The second kappa shape index (κ2) is 11.3. The number of benzene rings is 2. The quantitative estimate of drug-likeness (QED) is 0.598. The van der Waals surface area contributed by atoms with Crippen molar-refractivity contribution in [3.8, 4) is 11.5 Å². The summed E-state index contributed by atoms with van der Waals surface area (Å²) in [4.78, 5) is 26.5. The topological polar surface area (TPSA) is 67.9 Å². The summed E-state index contributed by atoms with van der Waals surface area (Å²) in [5.41, 5.74) is 0.871. The van der Waals surface area contributed by atoms with Crippen LogP contribution >= 0.6 is 11.6 Å². The van der Waals surface area contributed by atoms with Crippen molar-refractivity contribution in [3.63, 3.8) is 0 Å². The van der Waals surface area contributed by atoms with Gasteiger partial charge in [-0.15, -0.1) is 0 Å². The molecule has 0 fully saturated rings. The Labute approximate surface area is 176 Å². The summed E-state index contributed by atoms with van der Waals surface area (Å²) in [6, 6.07) is 14.0. The first kappa shape index (κ1) is 22.6. The van der Waals surface area contributed by atoms with Crippen molar-refractivity contribution >= 4 is 23.4 Å². The fourth-order valence-corrected chi connectivity index (χ4v) is 3.07. The lowest BCUT2D eigenvalue weighted by Crippen LogP contribution is -2.46. The monoisotopic (exact) mass is 418 g/mol. The Morgan fingerprint density at radius 3 is 2.45 bits per heavy atom. The SMILES string of the molecule is CNC(=O)C(C)N(Cc1cccc(Cl)c1)C(=O)CCCOc1ccc(OC)cc1. The molecule has 2 aromatic carbocycles. The van der Waals surface area contributed by atoms with Gasteiger partial charge in [-0.25, -0.2) is 0 Å². The zero-order chi connectivity index (χ0) is 21.2. The van der Waals surface area contributed by atoms with Crippen LogP contribution in [0.3, 0.4) is 0 Å². The van der Waals surface area contributed by atoms with Gasteiger partial charge < -0.3 is 19.7 Å². The van der Waals surface area contributed by atoms with E-state index >= 15 is 0 Å². The first-order valence-electron chi connectivity index (χ1n) is 9.47. The van der Waals surface area contributed by atoms with E-state index < -0.39 is 6.04 Å². The predicted molar refractivity (Wildman–Crippen MR) is 113 cm³/mol. The third-order valence-corrected chi connectivity index (χ3v) is 4.75. The Balaban J connectivity index is 1.94. The van der Waals surface area contributed by atoms with E-state index in [-0.39, 0.29) is 18.2 Å². The van der Waals surface area contributed by atoms with Gasteiger partial charge >= 0.3 is 0 Å². The second-order valence-electron chi connectivity index (χ2n) is 6.57. The van der Waals surface area contributed by atoms with Crippen molar-refractivity contribution in [1.82, 2.24) is 10.2 Å². The van der Waals surface area contributed by atoms with Gasteiger partial charge in [0.15, 0.2) is 0 Å². The highest BCUT2D eigenvalue weighted by atomic mass is 35.5. The average molecular weight is 419 g/mol. The van der Waals surface area contributed by atoms with Crippen LogP contribution in [0.5, 0.6) is 11.5 Å². The van der Waals surface area contributed by atoms with Gasteiger partial charge in [0.05, 0.1) is 13.7 Å². The Morgan fingerprint density at radius 1 is 1.14 bits per heavy atom. The molecule has 0 aliphatic heterocycles. The summed E-state index contributed by atoms with van der Waals surface area (Å²) in [7, 11) is 3.17. The summed E-state index contributed by atoms with van der Waals surface area (Å²) in [5.74, 6) is 1.15. The maximum atomic E-state index is 12.8. The highest BCUT2D eigenvalue weighted by Gasteiger charge is 2.25. The summed E-state index contributed by atoms with van der Waals surface area (Å²) in [6.45, 7) is 2.43. The molecule has 0 heterocycles. The molecular weight excluding hydrogens is 392 g/mol. The molecular formula is C22H27ClN2O4. The summed E-state index contributed by atoms with van der Waals surface area (Å²) < 4.78 is 10.8. The number of ether oxygens (including phenoxy) is 2. The zero-order valence-corrected chi connectivity index (χ0v) is 17.7. The maximum Gasteiger partial charge on any atom is 0.242 e. The maximum absolute atomic E-state index is 12.8. The Bertz CT molecular complexity index is 811. The summed E-state index contributed by atoms with van der Waals surface area (Å²) >= 11 is 6.05. The number of carbonyl (C=O) groups excluding carboxylic acids is 2. The molecule has 0 aliphatic rings. The van der Waals surface area contributed by atoms with Crippen molar-refractivity contribution < 1.29 is 19.1 Å². The highest BCUT2D eigenvalue weighted by molar-refractivity contribution is 6.30. The van der Waals surface area contributed by atoms with Gasteiger partial charge in [0, 0.05) is 25.0 Å². The number of halogens is 1. The predicted octanol–water partition coefficient (Wildman–Crippen LogP) is 3.67. The second-order valence-corrected chi connectivity index (χ2v) is 7.01. The molecule has 0 aliphatic carbocycles. The lowest BCUT2D eigenvalue weighted by Gasteiger charge is -2.28. The lowest BCUT2D eigenvalue weighted by molar-refractivity contribution is -0.140. The number of hydrogen-bond acceptors (Lipinski definition) is 4. The number of likely N-dealkylation sites (N-methyl/N-ethyl adjacent to an activating group) is 1. The number of methoxy groups -OCH3 is 1. The van der Waals surface area contributed by atoms with Crippen LogP contribution in [0.25, 0.3) is 0 Å². The van der Waals surface area contributed by atoms with Crippen LogP contribution in [0.1, 0.15) is 25.3 Å². The van der Waals surface area contributed by atoms with E-state index in [4.69, 9.17) is 21.1 Å². The third-order valence-electron chi connectivity index (χ3n) is 4.52. The smallest absolute Gasteiger partial charge is 0.242 e. The average Bonchev–Trinajstić information content (AvgIpc) is 2.74. The van der Waals surface area contributed by atoms with Crippen LogP contribution in [-0.2, 0) is 16.1 Å². The van der Waals surface area contributed by atoms with Crippen LogP contribution in [0, 0.1) is 0 Å². The number of amides is 2. The van der Waals surface area contributed by atoms with Crippen LogP contribution in [0.15, 0.2) is 48.5 Å². The van der Waals surface area contributed by atoms with E-state index in [0.717, 1.165) is 11.3 Å². The minimum Gasteiger partial charge on any atom is -0.497 e. The lowest BCUT2D eigenvalue weighted by atomic mass is 10.1. The number of nitrogens with one attached hydrogen (secondary N) is 1. The van der Waals surface area contributed by atoms with E-state index in [2.05, 4.69) is 5.32 Å². The first-order chi connectivity index (χ1) is 13.9. The molecule has 0 radical (unpaired) electrons. The van der Waals surface area contributed by atoms with Crippen LogP contribution in [0.4, 0.5) is 0 Å². The molecule has 1 unspecified atom stereocenters. The molecule has 29 heavy (non-hydrogen) atoms. The largest absolute Gasteiger partial charge is 0.497 e. The van der Waals surface area contributed by atoms with Gasteiger partial charge in [0.2, 0.25) is 11.8 Å². The molecule has 0 spiro atoms. The van der Waals surface area contributed by atoms with Crippen molar-refractivity contribution in [2.75, 3.05) is 20.8 Å². The van der Waals surface area contributed by atoms with Crippen LogP contribution < -0.4 is 14.8 Å².